The van der Waals surface area contributed by atoms with Crippen molar-refractivity contribution < 1.29 is 14.3 Å². The number of thioether (sulfide) groups is 1. The van der Waals surface area contributed by atoms with E-state index in [9.17, 15) is 4.79 Å². The van der Waals surface area contributed by atoms with E-state index in [1.165, 1.54) is 29.7 Å². The Morgan fingerprint density at radius 2 is 1.38 bits per heavy atom. The van der Waals surface area contributed by atoms with Crippen molar-refractivity contribution in [3.8, 4) is 5.75 Å². The highest BCUT2D eigenvalue weighted by molar-refractivity contribution is 7.98. The van der Waals surface area contributed by atoms with Gasteiger partial charge in [0.15, 0.2) is 5.78 Å². The molecule has 1 aliphatic rings. The molecule has 0 aromatic heterocycles. The predicted molar refractivity (Wildman–Crippen MR) is 251 cm³/mol. The van der Waals surface area contributed by atoms with Crippen LogP contribution in [0.25, 0.3) is 5.57 Å². The van der Waals surface area contributed by atoms with Gasteiger partial charge < -0.3 is 14.4 Å². The molecule has 0 radical (unpaired) electrons. The summed E-state index contributed by atoms with van der Waals surface area (Å²) in [7, 11) is 0. The molecule has 1 aromatic rings. The molecule has 0 aliphatic carbocycles. The summed E-state index contributed by atoms with van der Waals surface area (Å²) < 4.78 is 11.1. The number of benzene rings is 1. The molecular weight excluding hydrogens is 671 g/mol. The van der Waals surface area contributed by atoms with Crippen molar-refractivity contribution in [2.45, 2.75) is 157 Å². The van der Waals surface area contributed by atoms with Crippen LogP contribution < -0.4 is 9.64 Å². The molecule has 0 saturated carbocycles. The van der Waals surface area contributed by atoms with Crippen molar-refractivity contribution in [2.24, 2.45) is 5.41 Å². The largest absolute Gasteiger partial charge is 0.493 e. The number of allylic oxidation sites excluding steroid dienone is 7. The van der Waals surface area contributed by atoms with Crippen molar-refractivity contribution in [3.05, 3.63) is 78.4 Å². The number of nitrogens with zero attached hydrogens (tertiary/aromatic N) is 1. The highest BCUT2D eigenvalue weighted by Gasteiger charge is 2.26. The zero-order chi connectivity index (χ0) is 42.8. The van der Waals surface area contributed by atoms with E-state index in [1.807, 2.05) is 110 Å². The van der Waals surface area contributed by atoms with Gasteiger partial charge in [-0.05, 0) is 86.6 Å². The number of carbonyl (C=O) groups excluding carboxylic acids is 1. The van der Waals surface area contributed by atoms with Crippen LogP contribution in [0.15, 0.2) is 72.9 Å². The van der Waals surface area contributed by atoms with E-state index >= 15 is 0 Å². The van der Waals surface area contributed by atoms with E-state index < -0.39 is 5.41 Å². The van der Waals surface area contributed by atoms with Crippen LogP contribution in [0.5, 0.6) is 5.75 Å². The molecule has 4 nitrogen and oxygen atoms in total. The number of ether oxygens (including phenoxy) is 2. The Hall–Kier alpha value is -2.50. The van der Waals surface area contributed by atoms with Crippen LogP contribution in [0.2, 0.25) is 0 Å². The molecule has 1 aliphatic heterocycles. The lowest BCUT2D eigenvalue weighted by atomic mass is 9.82. The Morgan fingerprint density at radius 1 is 0.849 bits per heavy atom. The lowest BCUT2D eigenvalue weighted by Gasteiger charge is -2.21. The molecule has 0 spiro atoms. The quantitative estimate of drug-likeness (QED) is 0.0770. The molecule has 2 rings (SSSR count). The van der Waals surface area contributed by atoms with E-state index in [0.29, 0.717) is 6.61 Å². The average molecular weight is 762 g/mol. The number of ketones is 1. The summed E-state index contributed by atoms with van der Waals surface area (Å²) >= 11 is 1.80. The first-order chi connectivity index (χ1) is 25.5. The van der Waals surface area contributed by atoms with Crippen LogP contribution in [-0.4, -0.2) is 50.7 Å². The smallest absolute Gasteiger partial charge is 0.168 e. The minimum atomic E-state index is -0.433. The van der Waals surface area contributed by atoms with Crippen LogP contribution in [0, 0.1) is 5.41 Å². The molecule has 1 heterocycles. The lowest BCUT2D eigenvalue weighted by Crippen LogP contribution is -2.23. The van der Waals surface area contributed by atoms with E-state index in [1.54, 1.807) is 11.8 Å². The maximum atomic E-state index is 13.0. The van der Waals surface area contributed by atoms with Crippen molar-refractivity contribution in [2.75, 3.05) is 49.8 Å². The average Bonchev–Trinajstić information content (AvgIpc) is 3.76. The van der Waals surface area contributed by atoms with Crippen molar-refractivity contribution in [1.29, 1.82) is 0 Å². The summed E-state index contributed by atoms with van der Waals surface area (Å²) in [5.74, 6) is 2.05. The van der Waals surface area contributed by atoms with Crippen molar-refractivity contribution in [1.82, 2.24) is 0 Å². The summed E-state index contributed by atoms with van der Waals surface area (Å²) in [6, 6.07) is 6.65. The van der Waals surface area contributed by atoms with E-state index in [-0.39, 0.29) is 5.78 Å². The molecule has 0 bridgehead atoms. The lowest BCUT2D eigenvalue weighted by molar-refractivity contribution is -0.122. The Balaban J connectivity index is -0.000000261. The number of anilines is 1. The minimum Gasteiger partial charge on any atom is -0.493 e. The van der Waals surface area contributed by atoms with E-state index in [0.717, 1.165) is 73.8 Å². The van der Waals surface area contributed by atoms with Crippen LogP contribution in [0.1, 0.15) is 162 Å². The number of carbonyl (C=O) groups is 1. The van der Waals surface area contributed by atoms with Crippen LogP contribution >= 0.6 is 11.8 Å². The second-order valence-corrected chi connectivity index (χ2v) is 12.4. The molecule has 53 heavy (non-hydrogen) atoms. The van der Waals surface area contributed by atoms with Gasteiger partial charge in [-0.3, -0.25) is 4.79 Å². The van der Waals surface area contributed by atoms with Crippen molar-refractivity contribution in [3.63, 3.8) is 0 Å². The second kappa shape index (κ2) is 45.7. The maximum absolute atomic E-state index is 13.0. The highest BCUT2D eigenvalue weighted by atomic mass is 32.2. The molecule has 0 atom stereocenters. The first kappa shape index (κ1) is 62.5. The van der Waals surface area contributed by atoms with E-state index in [2.05, 4.69) is 82.0 Å². The first-order valence-corrected chi connectivity index (χ1v) is 22.3. The minimum absolute atomic E-state index is 0.141. The molecular formula is C48H91NO3S. The molecule has 0 N–H and O–H groups in total. The fraction of sp³-hybridized carbons (Fsp3) is 0.646. The molecule has 0 unspecified atom stereocenters. The Labute approximate surface area is 338 Å². The van der Waals surface area contributed by atoms with Gasteiger partial charge >= 0.3 is 0 Å². The van der Waals surface area contributed by atoms with Gasteiger partial charge in [0.2, 0.25) is 0 Å². The van der Waals surface area contributed by atoms with Crippen LogP contribution in [0.4, 0.5) is 5.69 Å². The van der Waals surface area contributed by atoms with Gasteiger partial charge in [0, 0.05) is 54.8 Å². The summed E-state index contributed by atoms with van der Waals surface area (Å²) in [6.45, 7) is 51.3. The zero-order valence-electron chi connectivity index (χ0n) is 38.9. The number of Topliss-reactive ketones (excluding diaryl/α,β-unsaturated/α-hetero) is 1. The van der Waals surface area contributed by atoms with Crippen molar-refractivity contribution >= 4 is 28.8 Å². The molecule has 1 fully saturated rings. The molecule has 5 heteroatoms. The van der Waals surface area contributed by atoms with Gasteiger partial charge in [-0.25, -0.2) is 0 Å². The fourth-order valence-corrected chi connectivity index (χ4v) is 4.71. The molecule has 1 saturated heterocycles. The van der Waals surface area contributed by atoms with Gasteiger partial charge in [0.05, 0.1) is 6.61 Å². The third kappa shape index (κ3) is 30.5. The molecule has 1 aromatic carbocycles. The van der Waals surface area contributed by atoms with Gasteiger partial charge in [-0.2, -0.15) is 11.8 Å². The third-order valence-corrected chi connectivity index (χ3v) is 7.47. The SMILES string of the molecule is C=C.C=C(/C(C)=C\C=C(/CC)c1cc(OCCSC)cc(N2CCCC2)c1)/C(=C\CC)C(=O)C(C)(C)C.CC.CC.CC.CC.CC.CCCOCC. The Bertz CT molecular complexity index is 1050. The van der Waals surface area contributed by atoms with Crippen LogP contribution in [-0.2, 0) is 9.53 Å². The highest BCUT2D eigenvalue weighted by Crippen LogP contribution is 2.32. The maximum Gasteiger partial charge on any atom is 0.168 e. The zero-order valence-corrected chi connectivity index (χ0v) is 39.8. The van der Waals surface area contributed by atoms with Gasteiger partial charge in [-0.1, -0.05) is 136 Å². The number of hydrogen-bond donors (Lipinski definition) is 0. The van der Waals surface area contributed by atoms with E-state index in [4.69, 9.17) is 9.47 Å². The fourth-order valence-electron chi connectivity index (χ4n) is 4.46. The Kier molecular flexibility index (Phi) is 53.8. The second-order valence-electron chi connectivity index (χ2n) is 11.4. The summed E-state index contributed by atoms with van der Waals surface area (Å²) in [6.07, 6.45) is 13.7. The van der Waals surface area contributed by atoms with Crippen LogP contribution in [0.3, 0.4) is 0 Å². The Morgan fingerprint density at radius 3 is 1.77 bits per heavy atom. The first-order valence-electron chi connectivity index (χ1n) is 21.0. The predicted octanol–water partition coefficient (Wildman–Crippen LogP) is 15.6. The standard InChI is InChI=1S/C31H45NO2S.C5H12O.5C2H6.C2H4/c1-9-13-29(30(33)31(5,6)7)24(4)23(3)14-15-25(10-2)26-20-27(32-16-11-12-17-32)22-28(21-26)34-18-19-35-8;1-3-5-6-4-2;6*1-2/h13-15,20-22H,4,9-12,16-19H2,1-3,5-8H3;3-5H2,1-2H3;5*1-2H3;1-2H2/b23-14-,25-15+,29-13+;;;;;;;. The summed E-state index contributed by atoms with van der Waals surface area (Å²) in [5, 5.41) is 0. The number of rotatable bonds is 15. The monoisotopic (exact) mass is 762 g/mol. The number of hydrogen-bond acceptors (Lipinski definition) is 5. The van der Waals surface area contributed by atoms with Gasteiger partial charge in [-0.15, -0.1) is 13.2 Å². The topological polar surface area (TPSA) is 38.8 Å². The normalized spacial score (nSPS) is 11.9. The van der Waals surface area contributed by atoms with Gasteiger partial charge in [0.1, 0.15) is 5.75 Å². The third-order valence-electron chi connectivity index (χ3n) is 6.89. The van der Waals surface area contributed by atoms with Gasteiger partial charge in [0.25, 0.3) is 0 Å². The molecule has 0 amide bonds. The molecule has 312 valence electrons. The summed E-state index contributed by atoms with van der Waals surface area (Å²) in [5.41, 5.74) is 5.81. The summed E-state index contributed by atoms with van der Waals surface area (Å²) in [4.78, 5) is 15.5.